The first-order valence-electron chi connectivity index (χ1n) is 6.91. The molecule has 0 N–H and O–H groups in total. The van der Waals surface area contributed by atoms with Gasteiger partial charge >= 0.3 is 0 Å². The van der Waals surface area contributed by atoms with Crippen LogP contribution in [0.2, 0.25) is 0 Å². The summed E-state index contributed by atoms with van der Waals surface area (Å²) in [6.07, 6.45) is 0.917. The van der Waals surface area contributed by atoms with Crippen LogP contribution in [0.15, 0.2) is 12.1 Å². The summed E-state index contributed by atoms with van der Waals surface area (Å²) in [5, 5.41) is 0. The molecule has 2 nitrogen and oxygen atoms in total. The maximum Gasteiger partial charge on any atom is 0.170 e. The van der Waals surface area contributed by atoms with E-state index in [4.69, 9.17) is 4.74 Å². The summed E-state index contributed by atoms with van der Waals surface area (Å²) in [6.45, 7) is 9.19. The molecule has 104 valence electrons. The van der Waals surface area contributed by atoms with E-state index in [1.54, 1.807) is 0 Å². The lowest BCUT2D eigenvalue weighted by Gasteiger charge is -2.24. The molecule has 3 heteroatoms. The Kier molecular flexibility index (Phi) is 4.54. The lowest BCUT2D eigenvalue weighted by Crippen LogP contribution is -2.26. The van der Waals surface area contributed by atoms with E-state index in [2.05, 4.69) is 56.4 Å². The molecule has 1 aromatic carbocycles. The molecule has 2 rings (SSSR count). The molecular weight excluding hydrogens is 351 g/mol. The van der Waals surface area contributed by atoms with Crippen LogP contribution in [0.4, 0.5) is 0 Å². The Morgan fingerprint density at radius 2 is 1.84 bits per heavy atom. The van der Waals surface area contributed by atoms with Crippen molar-refractivity contribution in [1.29, 1.82) is 0 Å². The fraction of sp³-hybridized carbons (Fsp3) is 0.562. The van der Waals surface area contributed by atoms with Crippen LogP contribution in [0.5, 0.6) is 5.75 Å². The molecule has 0 spiro atoms. The smallest absolute Gasteiger partial charge is 0.170 e. The van der Waals surface area contributed by atoms with Crippen LogP contribution in [-0.4, -0.2) is 12.4 Å². The summed E-state index contributed by atoms with van der Waals surface area (Å²) in [4.78, 5) is 12.9. The predicted octanol–water partition coefficient (Wildman–Crippen LogP) is 4.34. The third-order valence-electron chi connectivity index (χ3n) is 3.75. The van der Waals surface area contributed by atoms with Gasteiger partial charge in [0.2, 0.25) is 0 Å². The van der Waals surface area contributed by atoms with E-state index in [1.165, 1.54) is 5.56 Å². The fourth-order valence-corrected chi connectivity index (χ4v) is 3.69. The molecular formula is C16H21IO2. The quantitative estimate of drug-likeness (QED) is 0.581. The zero-order valence-corrected chi connectivity index (χ0v) is 14.2. The van der Waals surface area contributed by atoms with Crippen LogP contribution in [0.25, 0.3) is 0 Å². The van der Waals surface area contributed by atoms with E-state index in [0.29, 0.717) is 18.4 Å². The highest BCUT2D eigenvalue weighted by atomic mass is 127. The molecule has 1 aliphatic heterocycles. The number of benzene rings is 1. The number of fused-ring (bicyclic) bond motifs is 1. The van der Waals surface area contributed by atoms with Gasteiger partial charge in [-0.3, -0.25) is 4.79 Å². The molecule has 0 radical (unpaired) electrons. The highest BCUT2D eigenvalue weighted by Gasteiger charge is 2.30. The molecule has 1 heterocycles. The molecule has 0 amide bonds. The molecule has 0 saturated heterocycles. The Hall–Kier alpha value is -0.580. The van der Waals surface area contributed by atoms with Gasteiger partial charge in [-0.25, -0.2) is 0 Å². The first-order valence-corrected chi connectivity index (χ1v) is 7.99. The normalized spacial score (nSPS) is 14.1. The molecule has 0 atom stereocenters. The molecule has 0 aromatic heterocycles. The summed E-state index contributed by atoms with van der Waals surface area (Å²) in [6, 6.07) is 4.10. The van der Waals surface area contributed by atoms with Crippen LogP contribution < -0.4 is 4.74 Å². The van der Waals surface area contributed by atoms with Gasteiger partial charge in [0.1, 0.15) is 5.75 Å². The van der Waals surface area contributed by atoms with Crippen molar-refractivity contribution >= 4 is 28.4 Å². The van der Waals surface area contributed by atoms with Crippen molar-refractivity contribution in [3.8, 4) is 5.75 Å². The number of ether oxygens (including phenoxy) is 1. The zero-order chi connectivity index (χ0) is 14.2. The van der Waals surface area contributed by atoms with Gasteiger partial charge in [-0.05, 0) is 52.1 Å². The Labute approximate surface area is 129 Å². The monoisotopic (exact) mass is 372 g/mol. The lowest BCUT2D eigenvalue weighted by molar-refractivity contribution is 0.0836. The number of rotatable bonds is 4. The van der Waals surface area contributed by atoms with E-state index >= 15 is 0 Å². The van der Waals surface area contributed by atoms with Gasteiger partial charge in [0.15, 0.2) is 5.78 Å². The van der Waals surface area contributed by atoms with Crippen LogP contribution in [0.1, 0.15) is 43.6 Å². The predicted molar refractivity (Wildman–Crippen MR) is 85.9 cm³/mol. The van der Waals surface area contributed by atoms with Gasteiger partial charge in [-0.15, -0.1) is 0 Å². The maximum absolute atomic E-state index is 12.9. The largest absolute Gasteiger partial charge is 0.492 e. The third kappa shape index (κ3) is 2.96. The number of halogens is 1. The van der Waals surface area contributed by atoms with Crippen molar-refractivity contribution in [2.45, 2.75) is 34.1 Å². The van der Waals surface area contributed by atoms with E-state index < -0.39 is 0 Å². The van der Waals surface area contributed by atoms with Gasteiger partial charge in [0.25, 0.3) is 0 Å². The molecule has 0 fully saturated rings. The Morgan fingerprint density at radius 3 is 2.42 bits per heavy atom. The number of hydrogen-bond donors (Lipinski definition) is 0. The highest BCUT2D eigenvalue weighted by Crippen LogP contribution is 2.35. The first kappa shape index (κ1) is 14.8. The molecule has 0 saturated carbocycles. The van der Waals surface area contributed by atoms with Crippen molar-refractivity contribution < 1.29 is 9.53 Å². The summed E-state index contributed by atoms with van der Waals surface area (Å²) in [5.74, 6) is 1.83. The molecule has 19 heavy (non-hydrogen) atoms. The van der Waals surface area contributed by atoms with Crippen LogP contribution in [0.3, 0.4) is 0 Å². The number of carbonyl (C=O) groups excluding carboxylic acids is 1. The number of ketones is 1. The highest BCUT2D eigenvalue weighted by molar-refractivity contribution is 14.1. The van der Waals surface area contributed by atoms with Gasteiger partial charge in [-0.2, -0.15) is 0 Å². The topological polar surface area (TPSA) is 26.3 Å². The summed E-state index contributed by atoms with van der Waals surface area (Å²) >= 11 is 2.28. The minimum atomic E-state index is 0.0616. The molecule has 0 aliphatic carbocycles. The third-order valence-corrected chi connectivity index (χ3v) is 4.38. The number of Topliss-reactive ketones (excluding diaryl/α,β-unsaturated/α-hetero) is 1. The first-order chi connectivity index (χ1) is 8.91. The van der Waals surface area contributed by atoms with Crippen LogP contribution >= 0.6 is 22.6 Å². The van der Waals surface area contributed by atoms with Gasteiger partial charge in [0, 0.05) is 15.9 Å². The molecule has 1 aliphatic rings. The SMILES string of the molecule is CC(C)C(C(=O)c1cc(I)cc2c1OCC2)C(C)C. The van der Waals surface area contributed by atoms with E-state index in [0.717, 1.165) is 21.3 Å². The van der Waals surface area contributed by atoms with Crippen molar-refractivity contribution in [1.82, 2.24) is 0 Å². The zero-order valence-electron chi connectivity index (χ0n) is 12.0. The van der Waals surface area contributed by atoms with Crippen molar-refractivity contribution in [2.75, 3.05) is 6.61 Å². The summed E-state index contributed by atoms with van der Waals surface area (Å²) in [7, 11) is 0. The second kappa shape index (κ2) is 5.81. The van der Waals surface area contributed by atoms with Crippen molar-refractivity contribution in [3.05, 3.63) is 26.8 Å². The minimum absolute atomic E-state index is 0.0616. The summed E-state index contributed by atoms with van der Waals surface area (Å²) in [5.41, 5.74) is 1.97. The average Bonchev–Trinajstić information content (AvgIpc) is 2.74. The Bertz CT molecular complexity index is 484. The molecule has 0 unspecified atom stereocenters. The lowest BCUT2D eigenvalue weighted by atomic mass is 9.79. The standard InChI is InChI=1S/C16H21IO2/c1-9(2)14(10(3)4)15(18)13-8-12(17)7-11-5-6-19-16(11)13/h7-10,14H,5-6H2,1-4H3. The fourth-order valence-electron chi connectivity index (χ4n) is 3.01. The Balaban J connectivity index is 2.44. The van der Waals surface area contributed by atoms with E-state index in [-0.39, 0.29) is 11.7 Å². The molecule has 1 aromatic rings. The van der Waals surface area contributed by atoms with Crippen LogP contribution in [-0.2, 0) is 6.42 Å². The number of hydrogen-bond acceptors (Lipinski definition) is 2. The van der Waals surface area contributed by atoms with Gasteiger partial charge in [-0.1, -0.05) is 27.7 Å². The minimum Gasteiger partial charge on any atom is -0.492 e. The van der Waals surface area contributed by atoms with Gasteiger partial charge in [0.05, 0.1) is 12.2 Å². The number of carbonyl (C=O) groups is 1. The second-order valence-electron chi connectivity index (χ2n) is 5.92. The van der Waals surface area contributed by atoms with E-state index in [1.807, 2.05) is 6.07 Å². The van der Waals surface area contributed by atoms with Crippen LogP contribution in [0, 0.1) is 21.3 Å². The second-order valence-corrected chi connectivity index (χ2v) is 7.16. The van der Waals surface area contributed by atoms with Crippen molar-refractivity contribution in [3.63, 3.8) is 0 Å². The maximum atomic E-state index is 12.9. The van der Waals surface area contributed by atoms with E-state index in [9.17, 15) is 4.79 Å². The molecule has 0 bridgehead atoms. The Morgan fingerprint density at radius 1 is 1.21 bits per heavy atom. The average molecular weight is 372 g/mol. The van der Waals surface area contributed by atoms with Crippen molar-refractivity contribution in [2.24, 2.45) is 17.8 Å². The van der Waals surface area contributed by atoms with Gasteiger partial charge < -0.3 is 4.74 Å². The summed E-state index contributed by atoms with van der Waals surface area (Å²) < 4.78 is 6.81.